The smallest absolute Gasteiger partial charge is 0.0392 e. The van der Waals surface area contributed by atoms with Gasteiger partial charge in [0.15, 0.2) is 0 Å². The minimum Gasteiger partial charge on any atom is -0.253 e. The molecule has 1 rings (SSSR count). The molecule has 0 aliphatic carbocycles. The summed E-state index contributed by atoms with van der Waals surface area (Å²) in [4.78, 5) is 0. The second-order valence-corrected chi connectivity index (χ2v) is 5.81. The van der Waals surface area contributed by atoms with Crippen molar-refractivity contribution in [1.82, 2.24) is 4.31 Å². The van der Waals surface area contributed by atoms with Crippen molar-refractivity contribution >= 4 is 36.3 Å². The molecule has 66 valence electrons. The fourth-order valence-electron chi connectivity index (χ4n) is 1.17. The predicted molar refractivity (Wildman–Crippen MR) is 59.6 cm³/mol. The third kappa shape index (κ3) is 3.97. The molecule has 0 atom stereocenters. The Morgan fingerprint density at radius 2 is 2.09 bits per heavy atom. The average Bonchev–Trinajstić information content (AvgIpc) is 2.04. The van der Waals surface area contributed by atoms with Gasteiger partial charge in [0.2, 0.25) is 0 Å². The summed E-state index contributed by atoms with van der Waals surface area (Å²) in [6.45, 7) is 2.32. The van der Waals surface area contributed by atoms with Crippen molar-refractivity contribution in [1.29, 1.82) is 0 Å². The minimum absolute atomic E-state index is 0.894. The summed E-state index contributed by atoms with van der Waals surface area (Å²) in [5.74, 6) is 0. The Hall–Kier alpha value is 1.01. The molecule has 0 saturated carbocycles. The fraction of sp³-hybridized carbons (Fsp3) is 1.00. The van der Waals surface area contributed by atoms with Crippen LogP contribution in [0.1, 0.15) is 12.8 Å². The molecule has 1 fully saturated rings. The maximum Gasteiger partial charge on any atom is 0.0392 e. The molecule has 1 aliphatic rings. The van der Waals surface area contributed by atoms with Gasteiger partial charge in [-0.3, -0.25) is 4.31 Å². The van der Waals surface area contributed by atoms with Crippen molar-refractivity contribution in [3.05, 3.63) is 0 Å². The Labute approximate surface area is 83.2 Å². The van der Waals surface area contributed by atoms with Crippen LogP contribution in [-0.2, 0) is 0 Å². The van der Waals surface area contributed by atoms with Crippen LogP contribution >= 0.6 is 36.3 Å². The van der Waals surface area contributed by atoms with Gasteiger partial charge in [-0.2, -0.15) is 11.8 Å². The van der Waals surface area contributed by atoms with E-state index in [0.717, 1.165) is 18.3 Å². The molecule has 0 aromatic rings. The molecule has 0 spiro atoms. The van der Waals surface area contributed by atoms with Crippen molar-refractivity contribution in [2.45, 2.75) is 18.1 Å². The average molecular weight is 209 g/mol. The number of nitrogens with zero attached hydrogens (tertiary/aromatic N) is 1. The van der Waals surface area contributed by atoms with Crippen molar-refractivity contribution in [2.24, 2.45) is 0 Å². The van der Waals surface area contributed by atoms with Gasteiger partial charge in [-0.15, -0.1) is 11.8 Å². The van der Waals surface area contributed by atoms with E-state index in [0.29, 0.717) is 0 Å². The minimum atomic E-state index is 0.894. The maximum atomic E-state index is 4.31. The largest absolute Gasteiger partial charge is 0.253 e. The Bertz CT molecular complexity index is 99.1. The highest BCUT2D eigenvalue weighted by Gasteiger charge is 2.16. The molecule has 0 aromatic heterocycles. The monoisotopic (exact) mass is 209 g/mol. The van der Waals surface area contributed by atoms with Crippen LogP contribution in [0, 0.1) is 0 Å². The highest BCUT2D eigenvalue weighted by Crippen LogP contribution is 2.25. The molecule has 0 bridgehead atoms. The van der Waals surface area contributed by atoms with Crippen LogP contribution in [0.15, 0.2) is 0 Å². The van der Waals surface area contributed by atoms with E-state index in [1.165, 1.54) is 17.9 Å². The number of piperidine rings is 1. The molecule has 0 amide bonds. The third-order valence-electron chi connectivity index (χ3n) is 1.84. The third-order valence-corrected chi connectivity index (χ3v) is 4.67. The first-order valence-corrected chi connectivity index (χ1v) is 6.71. The van der Waals surface area contributed by atoms with Crippen molar-refractivity contribution in [3.8, 4) is 0 Å². The number of rotatable bonds is 3. The zero-order valence-electron chi connectivity index (χ0n) is 6.82. The van der Waals surface area contributed by atoms with Crippen LogP contribution in [-0.4, -0.2) is 34.0 Å². The van der Waals surface area contributed by atoms with Gasteiger partial charge >= 0.3 is 0 Å². The Kier molecular flexibility index (Phi) is 5.16. The van der Waals surface area contributed by atoms with Crippen LogP contribution < -0.4 is 0 Å². The molecule has 1 nitrogen and oxygen atoms in total. The summed E-state index contributed by atoms with van der Waals surface area (Å²) in [6, 6.07) is 0. The number of thioether (sulfide) groups is 2. The van der Waals surface area contributed by atoms with Crippen molar-refractivity contribution < 1.29 is 0 Å². The van der Waals surface area contributed by atoms with E-state index >= 15 is 0 Å². The van der Waals surface area contributed by atoms with Crippen LogP contribution in [0.5, 0.6) is 0 Å². The van der Waals surface area contributed by atoms with Crippen LogP contribution in [0.4, 0.5) is 0 Å². The lowest BCUT2D eigenvalue weighted by Crippen LogP contribution is -2.27. The molecule has 4 heteroatoms. The van der Waals surface area contributed by atoms with Gasteiger partial charge in [-0.05, 0) is 19.1 Å². The Morgan fingerprint density at radius 1 is 1.45 bits per heavy atom. The number of thiol groups is 1. The highest BCUT2D eigenvalue weighted by atomic mass is 32.2. The first-order valence-electron chi connectivity index (χ1n) is 3.87. The summed E-state index contributed by atoms with van der Waals surface area (Å²) < 4.78 is 2.12. The fourth-order valence-corrected chi connectivity index (χ4v) is 3.26. The van der Waals surface area contributed by atoms with E-state index in [9.17, 15) is 0 Å². The van der Waals surface area contributed by atoms with Gasteiger partial charge in [-0.1, -0.05) is 12.8 Å². The van der Waals surface area contributed by atoms with E-state index in [2.05, 4.69) is 35.1 Å². The van der Waals surface area contributed by atoms with E-state index in [1.54, 1.807) is 0 Å². The zero-order chi connectivity index (χ0) is 8.10. The molecule has 1 heterocycles. The molecule has 0 aromatic carbocycles. The summed E-state index contributed by atoms with van der Waals surface area (Å²) in [6.07, 6.45) is 4.80. The van der Waals surface area contributed by atoms with Gasteiger partial charge in [-0.25, -0.2) is 0 Å². The first-order chi connectivity index (χ1) is 5.33. The summed E-state index contributed by atoms with van der Waals surface area (Å²) in [5, 5.41) is 2.14. The molecule has 0 radical (unpaired) electrons. The van der Waals surface area contributed by atoms with Crippen LogP contribution in [0.2, 0.25) is 0 Å². The standard InChI is InChI=1S/C7H15NS3/c1-10-6-11-7-2-4-8(9)5-3-7/h7,9H,2-6H2,1H3. The van der Waals surface area contributed by atoms with E-state index in [1.807, 2.05) is 11.8 Å². The molecule has 1 saturated heterocycles. The van der Waals surface area contributed by atoms with Crippen molar-refractivity contribution in [3.63, 3.8) is 0 Å². The lowest BCUT2D eigenvalue weighted by molar-refractivity contribution is 0.392. The molecule has 11 heavy (non-hydrogen) atoms. The SMILES string of the molecule is CSCSC1CCN(S)CC1. The zero-order valence-corrected chi connectivity index (χ0v) is 9.35. The summed E-state index contributed by atoms with van der Waals surface area (Å²) in [7, 11) is 0. The predicted octanol–water partition coefficient (Wildman–Crippen LogP) is 2.35. The Morgan fingerprint density at radius 3 is 2.64 bits per heavy atom. The number of hydrogen-bond donors (Lipinski definition) is 1. The Balaban J connectivity index is 2.07. The van der Waals surface area contributed by atoms with Crippen LogP contribution in [0.3, 0.4) is 0 Å². The normalized spacial score (nSPS) is 22.4. The summed E-state index contributed by atoms with van der Waals surface area (Å²) in [5.41, 5.74) is 0. The highest BCUT2D eigenvalue weighted by molar-refractivity contribution is 8.15. The molecule has 1 aliphatic heterocycles. The molecule has 0 unspecified atom stereocenters. The van der Waals surface area contributed by atoms with E-state index in [-0.39, 0.29) is 0 Å². The van der Waals surface area contributed by atoms with Gasteiger partial charge in [0.1, 0.15) is 0 Å². The quantitative estimate of drug-likeness (QED) is 0.562. The van der Waals surface area contributed by atoms with Crippen molar-refractivity contribution in [2.75, 3.05) is 24.4 Å². The van der Waals surface area contributed by atoms with Gasteiger partial charge in [0.25, 0.3) is 0 Å². The summed E-state index contributed by atoms with van der Waals surface area (Å²) >= 11 is 8.34. The topological polar surface area (TPSA) is 3.24 Å². The maximum absolute atomic E-state index is 4.31. The van der Waals surface area contributed by atoms with E-state index in [4.69, 9.17) is 0 Å². The second-order valence-electron chi connectivity index (χ2n) is 2.73. The lowest BCUT2D eigenvalue weighted by Gasteiger charge is -2.27. The number of hydrogen-bond acceptors (Lipinski definition) is 4. The molecular formula is C7H15NS3. The first kappa shape index (κ1) is 10.1. The molecule has 0 N–H and O–H groups in total. The van der Waals surface area contributed by atoms with Gasteiger partial charge < -0.3 is 0 Å². The molecular weight excluding hydrogens is 194 g/mol. The van der Waals surface area contributed by atoms with Gasteiger partial charge in [0, 0.05) is 23.4 Å². The van der Waals surface area contributed by atoms with Crippen LogP contribution in [0.25, 0.3) is 0 Å². The second kappa shape index (κ2) is 5.62. The van der Waals surface area contributed by atoms with E-state index < -0.39 is 0 Å². The van der Waals surface area contributed by atoms with Gasteiger partial charge in [0.05, 0.1) is 0 Å². The lowest BCUT2D eigenvalue weighted by atomic mass is 10.2.